The molecule has 0 heterocycles. The van der Waals surface area contributed by atoms with Crippen molar-refractivity contribution in [3.8, 4) is 0 Å². The number of rotatable bonds is 1. The first-order valence-electron chi connectivity index (χ1n) is 3.64. The molecule has 1 heteroatoms. The molecule has 0 spiro atoms. The molecular weight excluding hydrogens is 176 g/mol. The second-order valence-electron chi connectivity index (χ2n) is 3.19. The zero-order chi connectivity index (χ0) is 6.27. The van der Waals surface area contributed by atoms with Crippen molar-refractivity contribution in [3.63, 3.8) is 0 Å². The third-order valence-corrected chi connectivity index (χ3v) is 3.45. The number of fused-ring (bicyclic) bond motifs is 2. The highest BCUT2D eigenvalue weighted by molar-refractivity contribution is 9.09. The lowest BCUT2D eigenvalue weighted by atomic mass is 9.96. The number of halogens is 1. The molecule has 3 atom stereocenters. The van der Waals surface area contributed by atoms with Crippen LogP contribution < -0.4 is 0 Å². The van der Waals surface area contributed by atoms with E-state index < -0.39 is 0 Å². The number of alkyl halides is 1. The fourth-order valence-electron chi connectivity index (χ4n) is 2.07. The number of hydrogen-bond acceptors (Lipinski definition) is 0. The summed E-state index contributed by atoms with van der Waals surface area (Å²) in [6.07, 6.45) is 7.67. The van der Waals surface area contributed by atoms with Gasteiger partial charge < -0.3 is 0 Å². The first-order valence-corrected chi connectivity index (χ1v) is 4.76. The van der Waals surface area contributed by atoms with Crippen LogP contribution in [0.25, 0.3) is 0 Å². The predicted molar refractivity (Wildman–Crippen MR) is 42.6 cm³/mol. The van der Waals surface area contributed by atoms with Gasteiger partial charge in [0.25, 0.3) is 0 Å². The van der Waals surface area contributed by atoms with E-state index in [-0.39, 0.29) is 0 Å². The minimum atomic E-state index is 0.925. The maximum atomic E-state index is 3.54. The second kappa shape index (κ2) is 2.12. The van der Waals surface area contributed by atoms with E-state index in [2.05, 4.69) is 28.1 Å². The quantitative estimate of drug-likeness (QED) is 0.437. The molecule has 0 nitrogen and oxygen atoms in total. The zero-order valence-electron chi connectivity index (χ0n) is 5.39. The van der Waals surface area contributed by atoms with E-state index in [1.807, 2.05) is 0 Å². The lowest BCUT2D eigenvalue weighted by Crippen LogP contribution is -2.07. The van der Waals surface area contributed by atoms with Gasteiger partial charge in [0, 0.05) is 5.33 Å². The van der Waals surface area contributed by atoms with Gasteiger partial charge in [0.15, 0.2) is 0 Å². The molecule has 2 rings (SSSR count). The molecule has 0 unspecified atom stereocenters. The first-order chi connectivity index (χ1) is 4.40. The number of hydrogen-bond donors (Lipinski definition) is 0. The lowest BCUT2D eigenvalue weighted by Gasteiger charge is -2.13. The van der Waals surface area contributed by atoms with Gasteiger partial charge in [-0.2, -0.15) is 0 Å². The van der Waals surface area contributed by atoms with Crippen molar-refractivity contribution in [1.29, 1.82) is 0 Å². The van der Waals surface area contributed by atoms with E-state index in [9.17, 15) is 0 Å². The zero-order valence-corrected chi connectivity index (χ0v) is 6.97. The van der Waals surface area contributed by atoms with Crippen LogP contribution in [0.3, 0.4) is 0 Å². The Kier molecular flexibility index (Phi) is 1.40. The summed E-state index contributed by atoms with van der Waals surface area (Å²) in [6, 6.07) is 0. The normalized spacial score (nSPS) is 46.6. The summed E-state index contributed by atoms with van der Waals surface area (Å²) < 4.78 is 0. The summed E-state index contributed by atoms with van der Waals surface area (Å²) in [4.78, 5) is 0. The Morgan fingerprint density at radius 2 is 2.22 bits per heavy atom. The van der Waals surface area contributed by atoms with E-state index in [4.69, 9.17) is 0 Å². The summed E-state index contributed by atoms with van der Waals surface area (Å²) in [5.74, 6) is 2.83. The molecule has 2 bridgehead atoms. The molecule has 0 aliphatic heterocycles. The van der Waals surface area contributed by atoms with Crippen LogP contribution in [0.15, 0.2) is 12.2 Å². The summed E-state index contributed by atoms with van der Waals surface area (Å²) in [7, 11) is 0. The predicted octanol–water partition coefficient (Wildman–Crippen LogP) is 2.59. The van der Waals surface area contributed by atoms with Gasteiger partial charge in [0.1, 0.15) is 0 Å². The lowest BCUT2D eigenvalue weighted by molar-refractivity contribution is 0.505. The van der Waals surface area contributed by atoms with Gasteiger partial charge in [0.05, 0.1) is 0 Å². The van der Waals surface area contributed by atoms with Gasteiger partial charge in [-0.1, -0.05) is 28.1 Å². The first kappa shape index (κ1) is 5.96. The molecule has 0 aromatic carbocycles. The fraction of sp³-hybridized carbons (Fsp3) is 0.750. The molecule has 0 aromatic rings. The molecule has 1 saturated carbocycles. The van der Waals surface area contributed by atoms with Crippen LogP contribution >= 0.6 is 15.9 Å². The Morgan fingerprint density at radius 1 is 1.33 bits per heavy atom. The summed E-state index contributed by atoms with van der Waals surface area (Å²) in [5, 5.41) is 1.21. The topological polar surface area (TPSA) is 0 Å². The van der Waals surface area contributed by atoms with E-state index in [1.54, 1.807) is 0 Å². The van der Waals surface area contributed by atoms with Crippen LogP contribution in [-0.4, -0.2) is 5.33 Å². The molecule has 50 valence electrons. The van der Waals surface area contributed by atoms with Gasteiger partial charge in [-0.05, 0) is 30.6 Å². The van der Waals surface area contributed by atoms with Crippen LogP contribution in [0.1, 0.15) is 12.8 Å². The summed E-state index contributed by atoms with van der Waals surface area (Å²) in [6.45, 7) is 0. The van der Waals surface area contributed by atoms with Crippen molar-refractivity contribution in [1.82, 2.24) is 0 Å². The molecule has 0 radical (unpaired) electrons. The van der Waals surface area contributed by atoms with Crippen molar-refractivity contribution < 1.29 is 0 Å². The van der Waals surface area contributed by atoms with Gasteiger partial charge in [-0.15, -0.1) is 0 Å². The number of allylic oxidation sites excluding steroid dienone is 2. The van der Waals surface area contributed by atoms with E-state index in [1.165, 1.54) is 18.2 Å². The molecule has 0 aromatic heterocycles. The standard InChI is InChI=1S/C8H11Br/c9-5-8-4-6-1-2-7(8)3-6/h1-2,6-8H,3-5H2/t6-,7+,8+/m0/s1. The van der Waals surface area contributed by atoms with Crippen LogP contribution in [0, 0.1) is 17.8 Å². The molecule has 1 fully saturated rings. The summed E-state index contributed by atoms with van der Waals surface area (Å²) in [5.41, 5.74) is 0. The maximum absolute atomic E-state index is 3.54. The highest BCUT2D eigenvalue weighted by Gasteiger charge is 2.34. The Morgan fingerprint density at radius 3 is 2.56 bits per heavy atom. The minimum absolute atomic E-state index is 0.925. The van der Waals surface area contributed by atoms with Crippen LogP contribution in [0.2, 0.25) is 0 Å². The fourth-order valence-corrected chi connectivity index (χ4v) is 2.82. The van der Waals surface area contributed by atoms with Crippen molar-refractivity contribution >= 4 is 15.9 Å². The van der Waals surface area contributed by atoms with Gasteiger partial charge in [0.2, 0.25) is 0 Å². The molecule has 9 heavy (non-hydrogen) atoms. The Bertz CT molecular complexity index is 140. The molecule has 0 saturated heterocycles. The molecule has 0 amide bonds. The molecule has 2 aliphatic rings. The third kappa shape index (κ3) is 0.861. The molecule has 0 N–H and O–H groups in total. The van der Waals surface area contributed by atoms with Crippen LogP contribution in [0.5, 0.6) is 0 Å². The largest absolute Gasteiger partial charge is 0.0925 e. The van der Waals surface area contributed by atoms with Crippen molar-refractivity contribution in [3.05, 3.63) is 12.2 Å². The van der Waals surface area contributed by atoms with Crippen molar-refractivity contribution in [2.24, 2.45) is 17.8 Å². The summed E-state index contributed by atoms with van der Waals surface area (Å²) >= 11 is 3.54. The highest BCUT2D eigenvalue weighted by Crippen LogP contribution is 2.43. The average Bonchev–Trinajstić information content (AvgIpc) is 2.45. The van der Waals surface area contributed by atoms with E-state index in [0.717, 1.165) is 17.8 Å². The molecule has 2 aliphatic carbocycles. The van der Waals surface area contributed by atoms with Crippen LogP contribution in [-0.2, 0) is 0 Å². The van der Waals surface area contributed by atoms with Crippen molar-refractivity contribution in [2.75, 3.05) is 5.33 Å². The van der Waals surface area contributed by atoms with E-state index >= 15 is 0 Å². The van der Waals surface area contributed by atoms with E-state index in [0.29, 0.717) is 0 Å². The Hall–Kier alpha value is 0.220. The van der Waals surface area contributed by atoms with Crippen LogP contribution in [0.4, 0.5) is 0 Å². The van der Waals surface area contributed by atoms with Gasteiger partial charge >= 0.3 is 0 Å². The monoisotopic (exact) mass is 186 g/mol. The Labute approximate surface area is 64.5 Å². The third-order valence-electron chi connectivity index (χ3n) is 2.61. The second-order valence-corrected chi connectivity index (χ2v) is 3.84. The van der Waals surface area contributed by atoms with Crippen molar-refractivity contribution in [2.45, 2.75) is 12.8 Å². The van der Waals surface area contributed by atoms with Gasteiger partial charge in [-0.25, -0.2) is 0 Å². The molecular formula is C8H11Br. The maximum Gasteiger partial charge on any atom is 0.00655 e. The average molecular weight is 187 g/mol. The highest BCUT2D eigenvalue weighted by atomic mass is 79.9. The SMILES string of the molecule is BrC[C@H]1C[C@H]2C=C[C@@H]1C2. The smallest absolute Gasteiger partial charge is 0.00655 e. The Balaban J connectivity index is 2.10. The minimum Gasteiger partial charge on any atom is -0.0925 e. The van der Waals surface area contributed by atoms with Gasteiger partial charge in [-0.3, -0.25) is 0 Å².